The van der Waals surface area contributed by atoms with Crippen LogP contribution >= 0.6 is 11.8 Å². The van der Waals surface area contributed by atoms with Crippen LogP contribution in [0.2, 0.25) is 0 Å². The highest BCUT2D eigenvalue weighted by Gasteiger charge is 2.22. The SMILES string of the molecule is CC(C)C(=O)Nc1ccc(C2=NNC(=NC3CC3)SC2)cc1. The van der Waals surface area contributed by atoms with Crippen molar-refractivity contribution in [3.05, 3.63) is 29.8 Å². The molecule has 1 aromatic rings. The number of amides is 1. The minimum atomic E-state index is -0.0211. The van der Waals surface area contributed by atoms with E-state index in [1.807, 2.05) is 38.1 Å². The number of hydrogen-bond donors (Lipinski definition) is 2. The van der Waals surface area contributed by atoms with Gasteiger partial charge in [0.1, 0.15) is 0 Å². The second-order valence-electron chi connectivity index (χ2n) is 5.85. The molecule has 0 radical (unpaired) electrons. The van der Waals surface area contributed by atoms with E-state index in [0.717, 1.165) is 27.9 Å². The molecule has 1 aromatic carbocycles. The number of nitrogens with zero attached hydrogens (tertiary/aromatic N) is 2. The molecular weight excluding hydrogens is 296 g/mol. The van der Waals surface area contributed by atoms with E-state index in [2.05, 4.69) is 20.8 Å². The maximum absolute atomic E-state index is 11.7. The summed E-state index contributed by atoms with van der Waals surface area (Å²) in [6, 6.07) is 8.31. The van der Waals surface area contributed by atoms with E-state index >= 15 is 0 Å². The number of hydrogen-bond acceptors (Lipinski definition) is 4. The lowest BCUT2D eigenvalue weighted by atomic mass is 10.1. The van der Waals surface area contributed by atoms with Crippen LogP contribution in [0.4, 0.5) is 5.69 Å². The molecule has 6 heteroatoms. The summed E-state index contributed by atoms with van der Waals surface area (Å²) in [5, 5.41) is 8.22. The maximum atomic E-state index is 11.7. The number of rotatable bonds is 4. The molecule has 3 rings (SSSR count). The number of nitrogens with one attached hydrogen (secondary N) is 2. The van der Waals surface area contributed by atoms with Crippen molar-refractivity contribution in [2.45, 2.75) is 32.7 Å². The smallest absolute Gasteiger partial charge is 0.226 e. The molecule has 0 aromatic heterocycles. The first-order chi connectivity index (χ1) is 10.6. The highest BCUT2D eigenvalue weighted by atomic mass is 32.2. The third-order valence-electron chi connectivity index (χ3n) is 3.49. The van der Waals surface area contributed by atoms with Gasteiger partial charge in [0.2, 0.25) is 5.91 Å². The van der Waals surface area contributed by atoms with E-state index in [1.54, 1.807) is 11.8 Å². The lowest BCUT2D eigenvalue weighted by Gasteiger charge is -2.15. The summed E-state index contributed by atoms with van der Waals surface area (Å²) < 4.78 is 0. The third-order valence-corrected chi connectivity index (χ3v) is 4.38. The van der Waals surface area contributed by atoms with Gasteiger partial charge in [0.05, 0.1) is 11.8 Å². The van der Waals surface area contributed by atoms with Crippen LogP contribution in [-0.2, 0) is 4.79 Å². The van der Waals surface area contributed by atoms with Crippen molar-refractivity contribution in [1.82, 2.24) is 5.43 Å². The minimum absolute atomic E-state index is 0.0211. The molecule has 5 nitrogen and oxygen atoms in total. The monoisotopic (exact) mass is 316 g/mol. The first kappa shape index (κ1) is 15.1. The molecule has 2 aliphatic rings. The zero-order valence-electron chi connectivity index (χ0n) is 12.8. The number of amidine groups is 1. The Morgan fingerprint density at radius 3 is 2.64 bits per heavy atom. The summed E-state index contributed by atoms with van der Waals surface area (Å²) in [7, 11) is 0. The van der Waals surface area contributed by atoms with Crippen LogP contribution in [-0.4, -0.2) is 28.6 Å². The van der Waals surface area contributed by atoms with Crippen molar-refractivity contribution >= 4 is 34.2 Å². The maximum Gasteiger partial charge on any atom is 0.226 e. The highest BCUT2D eigenvalue weighted by molar-refractivity contribution is 8.14. The Bertz CT molecular complexity index is 618. The lowest BCUT2D eigenvalue weighted by molar-refractivity contribution is -0.118. The molecule has 0 saturated heterocycles. The first-order valence-electron chi connectivity index (χ1n) is 7.56. The molecule has 1 aliphatic carbocycles. The quantitative estimate of drug-likeness (QED) is 0.897. The standard InChI is InChI=1S/C16H20N4OS/c1-10(2)15(21)17-12-5-3-11(4-6-12)14-9-22-16(20-19-14)18-13-7-8-13/h3-6,10,13H,7-9H2,1-2H3,(H,17,21)(H,18,20). The van der Waals surface area contributed by atoms with Crippen molar-refractivity contribution in [2.75, 3.05) is 11.1 Å². The van der Waals surface area contributed by atoms with E-state index in [0.29, 0.717) is 6.04 Å². The summed E-state index contributed by atoms with van der Waals surface area (Å²) in [6.07, 6.45) is 2.40. The predicted octanol–water partition coefficient (Wildman–Crippen LogP) is 2.84. The Hall–Kier alpha value is -1.82. The number of anilines is 1. The summed E-state index contributed by atoms with van der Waals surface area (Å²) in [4.78, 5) is 16.2. The van der Waals surface area contributed by atoms with Crippen molar-refractivity contribution < 1.29 is 4.79 Å². The molecule has 0 unspecified atom stereocenters. The van der Waals surface area contributed by atoms with Crippen LogP contribution in [0, 0.1) is 5.92 Å². The summed E-state index contributed by atoms with van der Waals surface area (Å²) in [5.41, 5.74) is 5.91. The van der Waals surface area contributed by atoms with Gasteiger partial charge in [0.15, 0.2) is 5.17 Å². The molecule has 22 heavy (non-hydrogen) atoms. The minimum Gasteiger partial charge on any atom is -0.326 e. The third kappa shape index (κ3) is 3.88. The average Bonchev–Trinajstić information content (AvgIpc) is 3.33. The van der Waals surface area contributed by atoms with Gasteiger partial charge in [-0.15, -0.1) is 0 Å². The van der Waals surface area contributed by atoms with E-state index < -0.39 is 0 Å². The van der Waals surface area contributed by atoms with Crippen LogP contribution in [0.1, 0.15) is 32.3 Å². The summed E-state index contributed by atoms with van der Waals surface area (Å²) in [5.74, 6) is 0.823. The Morgan fingerprint density at radius 1 is 1.36 bits per heavy atom. The van der Waals surface area contributed by atoms with Gasteiger partial charge >= 0.3 is 0 Å². The van der Waals surface area contributed by atoms with E-state index in [9.17, 15) is 4.79 Å². The second-order valence-corrected chi connectivity index (χ2v) is 6.81. The average molecular weight is 316 g/mol. The summed E-state index contributed by atoms with van der Waals surface area (Å²) in [6.45, 7) is 3.76. The zero-order valence-corrected chi connectivity index (χ0v) is 13.6. The zero-order chi connectivity index (χ0) is 15.5. The van der Waals surface area contributed by atoms with Crippen LogP contribution < -0.4 is 10.7 Å². The fraction of sp³-hybridized carbons (Fsp3) is 0.438. The molecule has 116 valence electrons. The first-order valence-corrected chi connectivity index (χ1v) is 8.55. The molecule has 0 bridgehead atoms. The second kappa shape index (κ2) is 6.52. The van der Waals surface area contributed by atoms with Gasteiger partial charge in [-0.25, -0.2) is 0 Å². The molecule has 1 aliphatic heterocycles. The fourth-order valence-electron chi connectivity index (χ4n) is 1.93. The molecule has 1 amide bonds. The molecule has 1 saturated carbocycles. The van der Waals surface area contributed by atoms with Gasteiger partial charge in [-0.05, 0) is 30.5 Å². The molecule has 1 fully saturated rings. The van der Waals surface area contributed by atoms with Crippen molar-refractivity contribution in [2.24, 2.45) is 16.0 Å². The predicted molar refractivity (Wildman–Crippen MR) is 92.5 cm³/mol. The number of benzene rings is 1. The van der Waals surface area contributed by atoms with Crippen LogP contribution in [0.3, 0.4) is 0 Å². The van der Waals surface area contributed by atoms with E-state index in [4.69, 9.17) is 0 Å². The Balaban J connectivity index is 1.63. The van der Waals surface area contributed by atoms with Gasteiger partial charge in [0, 0.05) is 17.4 Å². The summed E-state index contributed by atoms with van der Waals surface area (Å²) >= 11 is 1.69. The number of thioether (sulfide) groups is 1. The number of carbonyl (C=O) groups excluding carboxylic acids is 1. The van der Waals surface area contributed by atoms with Gasteiger partial charge in [-0.1, -0.05) is 37.7 Å². The largest absolute Gasteiger partial charge is 0.326 e. The Kier molecular flexibility index (Phi) is 4.47. The number of aliphatic imine (C=N–C) groups is 1. The lowest BCUT2D eigenvalue weighted by Crippen LogP contribution is -2.25. The van der Waals surface area contributed by atoms with Crippen molar-refractivity contribution in [1.29, 1.82) is 0 Å². The van der Waals surface area contributed by atoms with E-state index in [-0.39, 0.29) is 11.8 Å². The molecule has 1 heterocycles. The molecule has 2 N–H and O–H groups in total. The number of hydrazone groups is 1. The topological polar surface area (TPSA) is 65.8 Å². The number of carbonyl (C=O) groups is 1. The Labute approximate surface area is 134 Å². The van der Waals surface area contributed by atoms with Gasteiger partial charge in [0.25, 0.3) is 0 Å². The van der Waals surface area contributed by atoms with Gasteiger partial charge in [-0.3, -0.25) is 15.2 Å². The highest BCUT2D eigenvalue weighted by Crippen LogP contribution is 2.25. The van der Waals surface area contributed by atoms with Gasteiger partial charge in [-0.2, -0.15) is 5.10 Å². The Morgan fingerprint density at radius 2 is 2.09 bits per heavy atom. The molecule has 0 atom stereocenters. The van der Waals surface area contributed by atoms with Crippen LogP contribution in [0.15, 0.2) is 34.4 Å². The van der Waals surface area contributed by atoms with Gasteiger partial charge < -0.3 is 5.32 Å². The van der Waals surface area contributed by atoms with Crippen molar-refractivity contribution in [3.8, 4) is 0 Å². The van der Waals surface area contributed by atoms with Crippen LogP contribution in [0.25, 0.3) is 0 Å². The van der Waals surface area contributed by atoms with Crippen LogP contribution in [0.5, 0.6) is 0 Å². The molecular formula is C16H20N4OS. The van der Waals surface area contributed by atoms with Crippen molar-refractivity contribution in [3.63, 3.8) is 0 Å². The normalized spacial score (nSPS) is 19.8. The fourth-order valence-corrected chi connectivity index (χ4v) is 2.77. The molecule has 0 spiro atoms. The van der Waals surface area contributed by atoms with E-state index in [1.165, 1.54) is 12.8 Å².